The lowest BCUT2D eigenvalue weighted by Crippen LogP contribution is -2.44. The molecule has 0 N–H and O–H groups in total. The minimum Gasteiger partial charge on any atom is -0.378 e. The summed E-state index contributed by atoms with van der Waals surface area (Å²) in [5.41, 5.74) is -1.07. The van der Waals surface area contributed by atoms with E-state index in [0.717, 1.165) is 45.1 Å². The molecule has 0 radical (unpaired) electrons. The van der Waals surface area contributed by atoms with Gasteiger partial charge in [-0.1, -0.05) is 20.3 Å². The molecule has 0 spiro atoms. The standard InChI is InChI=1S/C15H23NO2/c1-14(2)7-4-8-15(11-16,13(14)17)9-6-12-5-3-10-18-12/h12H,3-10H2,1-2H3. The summed E-state index contributed by atoms with van der Waals surface area (Å²) in [7, 11) is 0. The van der Waals surface area contributed by atoms with E-state index in [1.165, 1.54) is 0 Å². The predicted molar refractivity (Wildman–Crippen MR) is 68.9 cm³/mol. The first-order valence-electron chi connectivity index (χ1n) is 7.08. The van der Waals surface area contributed by atoms with Crippen LogP contribution in [0.4, 0.5) is 0 Å². The third-order valence-corrected chi connectivity index (χ3v) is 4.59. The monoisotopic (exact) mass is 249 g/mol. The number of hydrogen-bond donors (Lipinski definition) is 0. The van der Waals surface area contributed by atoms with Crippen LogP contribution in [0.1, 0.15) is 58.8 Å². The number of carbonyl (C=O) groups is 1. The second-order valence-corrected chi connectivity index (χ2v) is 6.43. The summed E-state index contributed by atoms with van der Waals surface area (Å²) in [6, 6.07) is 2.34. The van der Waals surface area contributed by atoms with Gasteiger partial charge in [0.15, 0.2) is 5.78 Å². The molecule has 0 amide bonds. The number of hydrogen-bond acceptors (Lipinski definition) is 3. The van der Waals surface area contributed by atoms with Gasteiger partial charge < -0.3 is 4.74 Å². The Kier molecular flexibility index (Phi) is 3.77. The number of nitrogens with zero attached hydrogens (tertiary/aromatic N) is 1. The molecule has 18 heavy (non-hydrogen) atoms. The lowest BCUT2D eigenvalue weighted by atomic mass is 9.61. The first-order valence-corrected chi connectivity index (χ1v) is 7.08. The third kappa shape index (κ3) is 2.44. The Morgan fingerprint density at radius 1 is 1.39 bits per heavy atom. The zero-order valence-electron chi connectivity index (χ0n) is 11.5. The van der Waals surface area contributed by atoms with E-state index >= 15 is 0 Å². The molecule has 2 fully saturated rings. The van der Waals surface area contributed by atoms with Crippen LogP contribution in [0.25, 0.3) is 0 Å². The SMILES string of the molecule is CC1(C)CCCC(C#N)(CCC2CCCO2)C1=O. The van der Waals surface area contributed by atoms with E-state index < -0.39 is 5.41 Å². The average Bonchev–Trinajstić information content (AvgIpc) is 2.85. The molecule has 2 aliphatic rings. The fourth-order valence-electron chi connectivity index (χ4n) is 3.39. The van der Waals surface area contributed by atoms with E-state index in [1.54, 1.807) is 0 Å². The van der Waals surface area contributed by atoms with Gasteiger partial charge >= 0.3 is 0 Å². The van der Waals surface area contributed by atoms with Crippen LogP contribution in [-0.2, 0) is 9.53 Å². The Bertz CT molecular complexity index is 363. The van der Waals surface area contributed by atoms with Gasteiger partial charge in [0.25, 0.3) is 0 Å². The molecule has 100 valence electrons. The van der Waals surface area contributed by atoms with Gasteiger partial charge in [0, 0.05) is 12.0 Å². The van der Waals surface area contributed by atoms with E-state index in [1.807, 2.05) is 13.8 Å². The lowest BCUT2D eigenvalue weighted by molar-refractivity contribution is -0.139. The number of Topliss-reactive ketones (excluding diaryl/α,β-unsaturated/α-hetero) is 1. The zero-order chi connectivity index (χ0) is 13.2. The molecule has 2 atom stereocenters. The highest BCUT2D eigenvalue weighted by molar-refractivity contribution is 5.92. The van der Waals surface area contributed by atoms with Crippen molar-refractivity contribution in [3.63, 3.8) is 0 Å². The number of ether oxygens (including phenoxy) is 1. The van der Waals surface area contributed by atoms with Crippen molar-refractivity contribution in [3.8, 4) is 6.07 Å². The first kappa shape index (κ1) is 13.5. The second kappa shape index (κ2) is 5.01. The summed E-state index contributed by atoms with van der Waals surface area (Å²) in [6.45, 7) is 4.79. The molecule has 1 saturated carbocycles. The van der Waals surface area contributed by atoms with E-state index in [-0.39, 0.29) is 17.3 Å². The van der Waals surface area contributed by atoms with Crippen LogP contribution < -0.4 is 0 Å². The minimum absolute atomic E-state index is 0.154. The van der Waals surface area contributed by atoms with Crippen LogP contribution in [0.3, 0.4) is 0 Å². The molecule has 1 aliphatic heterocycles. The Labute approximate surface area is 110 Å². The Morgan fingerprint density at radius 2 is 2.17 bits per heavy atom. The molecule has 2 unspecified atom stereocenters. The normalized spacial score (nSPS) is 35.4. The van der Waals surface area contributed by atoms with Crippen molar-refractivity contribution in [3.05, 3.63) is 0 Å². The van der Waals surface area contributed by atoms with Crippen molar-refractivity contribution < 1.29 is 9.53 Å². The predicted octanol–water partition coefficient (Wildman–Crippen LogP) is 3.23. The highest BCUT2D eigenvalue weighted by Crippen LogP contribution is 2.45. The van der Waals surface area contributed by atoms with Gasteiger partial charge in [-0.2, -0.15) is 5.26 Å². The van der Waals surface area contributed by atoms with Gasteiger partial charge in [-0.05, 0) is 38.5 Å². The van der Waals surface area contributed by atoms with Crippen LogP contribution in [-0.4, -0.2) is 18.5 Å². The summed E-state index contributed by atoms with van der Waals surface area (Å²) >= 11 is 0. The van der Waals surface area contributed by atoms with Crippen molar-refractivity contribution in [2.75, 3.05) is 6.61 Å². The average molecular weight is 249 g/mol. The van der Waals surface area contributed by atoms with Crippen molar-refractivity contribution in [2.45, 2.75) is 64.9 Å². The molecular formula is C15H23NO2. The van der Waals surface area contributed by atoms with E-state index in [9.17, 15) is 10.1 Å². The van der Waals surface area contributed by atoms with Gasteiger partial charge in [0.2, 0.25) is 0 Å². The molecule has 0 aromatic rings. The van der Waals surface area contributed by atoms with Gasteiger partial charge in [0.05, 0.1) is 12.2 Å². The quantitative estimate of drug-likeness (QED) is 0.771. The van der Waals surface area contributed by atoms with Gasteiger partial charge in [0.1, 0.15) is 5.41 Å². The summed E-state index contributed by atoms with van der Waals surface area (Å²) in [5, 5.41) is 9.51. The summed E-state index contributed by atoms with van der Waals surface area (Å²) < 4.78 is 5.60. The Morgan fingerprint density at radius 3 is 2.78 bits per heavy atom. The van der Waals surface area contributed by atoms with Crippen LogP contribution in [0.15, 0.2) is 0 Å². The first-order chi connectivity index (χ1) is 8.50. The molecule has 0 bridgehead atoms. The lowest BCUT2D eigenvalue weighted by Gasteiger charge is -2.39. The maximum atomic E-state index is 12.5. The van der Waals surface area contributed by atoms with Crippen molar-refractivity contribution >= 4 is 5.78 Å². The minimum atomic E-state index is -0.742. The van der Waals surface area contributed by atoms with E-state index in [4.69, 9.17) is 4.74 Å². The van der Waals surface area contributed by atoms with E-state index in [2.05, 4.69) is 6.07 Å². The van der Waals surface area contributed by atoms with Gasteiger partial charge in [-0.25, -0.2) is 0 Å². The highest BCUT2D eigenvalue weighted by Gasteiger charge is 2.48. The van der Waals surface area contributed by atoms with E-state index in [0.29, 0.717) is 6.42 Å². The number of rotatable bonds is 3. The van der Waals surface area contributed by atoms with Crippen molar-refractivity contribution in [1.82, 2.24) is 0 Å². The van der Waals surface area contributed by atoms with Crippen LogP contribution in [0, 0.1) is 22.2 Å². The fraction of sp³-hybridized carbons (Fsp3) is 0.867. The number of nitriles is 1. The maximum Gasteiger partial charge on any atom is 0.158 e. The summed E-state index contributed by atoms with van der Waals surface area (Å²) in [5.74, 6) is 0.154. The van der Waals surface area contributed by atoms with Crippen LogP contribution in [0.5, 0.6) is 0 Å². The Hall–Kier alpha value is -0.880. The van der Waals surface area contributed by atoms with Crippen molar-refractivity contribution in [1.29, 1.82) is 5.26 Å². The summed E-state index contributed by atoms with van der Waals surface area (Å²) in [4.78, 5) is 12.5. The summed E-state index contributed by atoms with van der Waals surface area (Å²) in [6.07, 6.45) is 6.63. The maximum absolute atomic E-state index is 12.5. The van der Waals surface area contributed by atoms with Crippen molar-refractivity contribution in [2.24, 2.45) is 10.8 Å². The molecule has 1 saturated heterocycles. The number of carbonyl (C=O) groups excluding carboxylic acids is 1. The third-order valence-electron chi connectivity index (χ3n) is 4.59. The molecule has 0 aromatic heterocycles. The molecule has 3 nitrogen and oxygen atoms in total. The van der Waals surface area contributed by atoms with Gasteiger partial charge in [-0.3, -0.25) is 4.79 Å². The topological polar surface area (TPSA) is 50.1 Å². The molecule has 2 rings (SSSR count). The van der Waals surface area contributed by atoms with Crippen LogP contribution >= 0.6 is 0 Å². The van der Waals surface area contributed by atoms with Gasteiger partial charge in [-0.15, -0.1) is 0 Å². The largest absolute Gasteiger partial charge is 0.378 e. The smallest absolute Gasteiger partial charge is 0.158 e. The zero-order valence-corrected chi connectivity index (χ0v) is 11.5. The molecule has 3 heteroatoms. The molecule has 1 heterocycles. The molecular weight excluding hydrogens is 226 g/mol. The Balaban J connectivity index is 2.05. The second-order valence-electron chi connectivity index (χ2n) is 6.43. The number of ketones is 1. The highest BCUT2D eigenvalue weighted by atomic mass is 16.5. The molecule has 0 aromatic carbocycles. The fourth-order valence-corrected chi connectivity index (χ4v) is 3.39. The molecule has 1 aliphatic carbocycles. The van der Waals surface area contributed by atoms with Crippen LogP contribution in [0.2, 0.25) is 0 Å².